The molecule has 1 N–H and O–H groups in total. The number of carbonyl (C=O) groups is 1. The van der Waals surface area contributed by atoms with Crippen LogP contribution in [0.2, 0.25) is 0 Å². The van der Waals surface area contributed by atoms with E-state index in [1.54, 1.807) is 43.5 Å². The monoisotopic (exact) mass is 411 g/mol. The minimum Gasteiger partial charge on any atom is -0.497 e. The van der Waals surface area contributed by atoms with Crippen molar-refractivity contribution in [1.29, 1.82) is 0 Å². The van der Waals surface area contributed by atoms with Crippen LogP contribution >= 0.6 is 0 Å². The molecule has 29 heavy (non-hydrogen) atoms. The first-order valence-corrected chi connectivity index (χ1v) is 10.3. The molecule has 150 valence electrons. The predicted octanol–water partition coefficient (Wildman–Crippen LogP) is 2.62. The van der Waals surface area contributed by atoms with Gasteiger partial charge in [-0.1, -0.05) is 30.3 Å². The van der Waals surface area contributed by atoms with Crippen molar-refractivity contribution < 1.29 is 17.9 Å². The fraction of sp³-hybridized carbons (Fsp3) is 0.143. The smallest absolute Gasteiger partial charge is 0.255 e. The van der Waals surface area contributed by atoms with E-state index in [4.69, 9.17) is 4.74 Å². The zero-order chi connectivity index (χ0) is 20.9. The van der Waals surface area contributed by atoms with E-state index in [1.165, 1.54) is 19.3 Å². The quantitative estimate of drug-likeness (QED) is 0.478. The largest absolute Gasteiger partial charge is 0.497 e. The first kappa shape index (κ1) is 20.5. The lowest BCUT2D eigenvalue weighted by molar-refractivity contribution is -0.121. The molecule has 0 heterocycles. The summed E-state index contributed by atoms with van der Waals surface area (Å²) in [6.07, 6.45) is 1.47. The van der Waals surface area contributed by atoms with E-state index >= 15 is 0 Å². The second kappa shape index (κ2) is 8.85. The molecule has 0 saturated carbocycles. The van der Waals surface area contributed by atoms with Gasteiger partial charge in [0.05, 0.1) is 24.8 Å². The molecule has 3 aromatic rings. The Labute approximate surface area is 169 Å². The Morgan fingerprint density at radius 1 is 1.07 bits per heavy atom. The third-order valence-electron chi connectivity index (χ3n) is 4.31. The van der Waals surface area contributed by atoms with Gasteiger partial charge < -0.3 is 4.74 Å². The maximum Gasteiger partial charge on any atom is 0.255 e. The van der Waals surface area contributed by atoms with Crippen LogP contribution in [0.4, 0.5) is 0 Å². The lowest BCUT2D eigenvalue weighted by atomic mass is 10.1. The number of likely N-dealkylation sites (N-methyl/N-ethyl adjacent to an activating group) is 1. The van der Waals surface area contributed by atoms with Crippen LogP contribution in [0.5, 0.6) is 5.75 Å². The standard InChI is InChI=1S/C21H21N3O4S/c1-24(15-21(25)23-22-14-16-7-10-19(28-2)11-8-16)29(26,27)20-12-9-17-5-3-4-6-18(17)13-20/h3-14H,15H2,1-2H3,(H,23,25)/b22-14-. The summed E-state index contributed by atoms with van der Waals surface area (Å²) in [6, 6.07) is 19.5. The van der Waals surface area contributed by atoms with Gasteiger partial charge >= 0.3 is 0 Å². The fourth-order valence-corrected chi connectivity index (χ4v) is 3.86. The first-order chi connectivity index (χ1) is 13.9. The highest BCUT2D eigenvalue weighted by Gasteiger charge is 2.23. The number of ether oxygens (including phenoxy) is 1. The van der Waals surface area contributed by atoms with E-state index in [-0.39, 0.29) is 11.4 Å². The van der Waals surface area contributed by atoms with Crippen molar-refractivity contribution in [3.05, 3.63) is 72.3 Å². The van der Waals surface area contributed by atoms with Crippen molar-refractivity contribution in [2.75, 3.05) is 20.7 Å². The Morgan fingerprint density at radius 2 is 1.76 bits per heavy atom. The summed E-state index contributed by atoms with van der Waals surface area (Å²) in [5.41, 5.74) is 3.10. The second-order valence-electron chi connectivity index (χ2n) is 6.34. The zero-order valence-corrected chi connectivity index (χ0v) is 16.9. The van der Waals surface area contributed by atoms with E-state index in [9.17, 15) is 13.2 Å². The van der Waals surface area contributed by atoms with Crippen LogP contribution in [-0.2, 0) is 14.8 Å². The fourth-order valence-electron chi connectivity index (χ4n) is 2.70. The molecule has 0 atom stereocenters. The maximum absolute atomic E-state index is 12.8. The average molecular weight is 411 g/mol. The van der Waals surface area contributed by atoms with Gasteiger partial charge in [0.25, 0.3) is 5.91 Å². The van der Waals surface area contributed by atoms with Crippen LogP contribution in [-0.4, -0.2) is 45.5 Å². The third kappa shape index (κ3) is 4.98. The van der Waals surface area contributed by atoms with Crippen LogP contribution < -0.4 is 10.2 Å². The number of rotatable bonds is 7. The predicted molar refractivity (Wildman–Crippen MR) is 112 cm³/mol. The molecule has 0 aliphatic rings. The molecule has 7 nitrogen and oxygen atoms in total. The maximum atomic E-state index is 12.8. The SMILES string of the molecule is COc1ccc(/C=N\NC(=O)CN(C)S(=O)(=O)c2ccc3ccccc3c2)cc1. The van der Waals surface area contributed by atoms with Crippen molar-refractivity contribution in [3.63, 3.8) is 0 Å². The van der Waals surface area contributed by atoms with E-state index in [0.717, 1.165) is 20.6 Å². The molecule has 3 aromatic carbocycles. The van der Waals surface area contributed by atoms with Gasteiger partial charge in [-0.05, 0) is 52.7 Å². The van der Waals surface area contributed by atoms with Crippen LogP contribution in [0, 0.1) is 0 Å². The molecule has 0 radical (unpaired) electrons. The van der Waals surface area contributed by atoms with E-state index in [2.05, 4.69) is 10.5 Å². The summed E-state index contributed by atoms with van der Waals surface area (Å²) >= 11 is 0. The van der Waals surface area contributed by atoms with Crippen molar-refractivity contribution >= 4 is 32.9 Å². The van der Waals surface area contributed by atoms with Gasteiger partial charge in [-0.2, -0.15) is 9.41 Å². The Bertz CT molecular complexity index is 1140. The van der Waals surface area contributed by atoms with Gasteiger partial charge in [0.2, 0.25) is 10.0 Å². The number of benzene rings is 3. The highest BCUT2D eigenvalue weighted by molar-refractivity contribution is 7.89. The number of nitrogens with zero attached hydrogens (tertiary/aromatic N) is 2. The van der Waals surface area contributed by atoms with Gasteiger partial charge in [-0.25, -0.2) is 13.8 Å². The van der Waals surface area contributed by atoms with Gasteiger partial charge in [0.15, 0.2) is 0 Å². The van der Waals surface area contributed by atoms with E-state index < -0.39 is 15.9 Å². The molecule has 3 rings (SSSR count). The van der Waals surface area contributed by atoms with Gasteiger partial charge in [-0.3, -0.25) is 4.79 Å². The third-order valence-corrected chi connectivity index (χ3v) is 6.11. The van der Waals surface area contributed by atoms with Crippen LogP contribution in [0.25, 0.3) is 10.8 Å². The van der Waals surface area contributed by atoms with Crippen LogP contribution in [0.15, 0.2) is 76.7 Å². The van der Waals surface area contributed by atoms with Crippen molar-refractivity contribution in [2.45, 2.75) is 4.90 Å². The molecule has 0 unspecified atom stereocenters. The summed E-state index contributed by atoms with van der Waals surface area (Å²) in [4.78, 5) is 12.2. The highest BCUT2D eigenvalue weighted by atomic mass is 32.2. The highest BCUT2D eigenvalue weighted by Crippen LogP contribution is 2.21. The summed E-state index contributed by atoms with van der Waals surface area (Å²) in [5.74, 6) is 0.174. The minimum atomic E-state index is -3.80. The number of nitrogens with one attached hydrogen (secondary N) is 1. The molecule has 0 saturated heterocycles. The van der Waals surface area contributed by atoms with Crippen LogP contribution in [0.1, 0.15) is 5.56 Å². The van der Waals surface area contributed by atoms with E-state index in [0.29, 0.717) is 5.75 Å². The lowest BCUT2D eigenvalue weighted by Gasteiger charge is -2.16. The molecule has 0 fully saturated rings. The molecule has 8 heteroatoms. The second-order valence-corrected chi connectivity index (χ2v) is 8.38. The Balaban J connectivity index is 1.63. The number of sulfonamides is 1. The topological polar surface area (TPSA) is 88.1 Å². The number of amides is 1. The summed E-state index contributed by atoms with van der Waals surface area (Å²) in [7, 11) is -0.870. The van der Waals surface area contributed by atoms with Gasteiger partial charge in [0.1, 0.15) is 5.75 Å². The molecular formula is C21H21N3O4S. The number of carbonyl (C=O) groups excluding carboxylic acids is 1. The Hall–Kier alpha value is -3.23. The number of fused-ring (bicyclic) bond motifs is 1. The summed E-state index contributed by atoms with van der Waals surface area (Å²) in [6.45, 7) is -0.352. The normalized spacial score (nSPS) is 11.8. The molecule has 0 aromatic heterocycles. The van der Waals surface area contributed by atoms with Crippen LogP contribution in [0.3, 0.4) is 0 Å². The number of hydrogen-bond donors (Lipinski definition) is 1. The number of hydrogen-bond acceptors (Lipinski definition) is 5. The van der Waals surface area contributed by atoms with Crippen molar-refractivity contribution in [1.82, 2.24) is 9.73 Å². The average Bonchev–Trinajstić information content (AvgIpc) is 2.73. The van der Waals surface area contributed by atoms with Gasteiger partial charge in [0, 0.05) is 7.05 Å². The number of methoxy groups -OCH3 is 1. The summed E-state index contributed by atoms with van der Waals surface area (Å²) < 4.78 is 31.6. The minimum absolute atomic E-state index is 0.133. The molecule has 0 aliphatic carbocycles. The molecule has 0 spiro atoms. The summed E-state index contributed by atoms with van der Waals surface area (Å²) in [5, 5.41) is 5.62. The zero-order valence-electron chi connectivity index (χ0n) is 16.1. The lowest BCUT2D eigenvalue weighted by Crippen LogP contribution is -2.36. The van der Waals surface area contributed by atoms with E-state index in [1.807, 2.05) is 24.3 Å². The van der Waals surface area contributed by atoms with Crippen molar-refractivity contribution in [2.24, 2.45) is 5.10 Å². The molecule has 0 bridgehead atoms. The Morgan fingerprint density at radius 3 is 2.45 bits per heavy atom. The number of hydrazone groups is 1. The first-order valence-electron chi connectivity index (χ1n) is 8.81. The molecule has 0 aliphatic heterocycles. The molecule has 1 amide bonds. The molecular weight excluding hydrogens is 390 g/mol. The Kier molecular flexibility index (Phi) is 6.26. The van der Waals surface area contributed by atoms with Gasteiger partial charge in [-0.15, -0.1) is 0 Å². The van der Waals surface area contributed by atoms with Crippen molar-refractivity contribution in [3.8, 4) is 5.75 Å².